The van der Waals surface area contributed by atoms with Gasteiger partial charge in [0.1, 0.15) is 6.10 Å². The summed E-state index contributed by atoms with van der Waals surface area (Å²) >= 11 is 1.93. The van der Waals surface area contributed by atoms with Crippen LogP contribution >= 0.6 is 11.8 Å². The average molecular weight is 456 g/mol. The van der Waals surface area contributed by atoms with Crippen molar-refractivity contribution < 1.29 is 24.5 Å². The van der Waals surface area contributed by atoms with Crippen molar-refractivity contribution in [2.24, 2.45) is 0 Å². The Morgan fingerprint density at radius 1 is 0.969 bits per heavy atom. The number of carboxylic acids is 2. The zero-order valence-corrected chi connectivity index (χ0v) is 19.0. The van der Waals surface area contributed by atoms with Crippen LogP contribution in [0.4, 0.5) is 0 Å². The molecule has 170 valence electrons. The maximum absolute atomic E-state index is 9.55. The number of aliphatic carboxylic acids is 2. The molecule has 0 aromatic heterocycles. The van der Waals surface area contributed by atoms with E-state index in [9.17, 15) is 9.59 Å². The molecule has 0 bridgehead atoms. The standard InChI is InChI=1S/C21H25NOS.C4H4O4/c1-22-13-6-8-17(12-14-22)23-21-18-9-3-2-7-16(18)15-24-20-11-5-4-10-19(20)21;5-3(6)1-2-4(7)8/h2-5,7,9-11,17,21H,6,8,12-15H2,1H3;1-2H,(H,5,6)(H,7,8)/b;2-1-. The smallest absolute Gasteiger partial charge is 0.328 e. The molecule has 2 atom stereocenters. The SMILES string of the molecule is CN1CCCC(OC2c3ccccc3CSc3ccccc32)CC1.O=C(O)/C=C\C(=O)O. The molecule has 2 aliphatic heterocycles. The van der Waals surface area contributed by atoms with Gasteiger partial charge in [-0.2, -0.15) is 0 Å². The molecule has 4 rings (SSSR count). The first-order valence-electron chi connectivity index (χ1n) is 10.7. The van der Waals surface area contributed by atoms with E-state index in [1.54, 1.807) is 0 Å². The Balaban J connectivity index is 0.000000312. The van der Waals surface area contributed by atoms with Gasteiger partial charge in [0.05, 0.1) is 6.10 Å². The van der Waals surface area contributed by atoms with Crippen LogP contribution < -0.4 is 0 Å². The Hall–Kier alpha value is -2.61. The summed E-state index contributed by atoms with van der Waals surface area (Å²) in [5, 5.41) is 15.6. The summed E-state index contributed by atoms with van der Waals surface area (Å²) in [4.78, 5) is 22.9. The number of carboxylic acid groups (broad SMARTS) is 2. The second kappa shape index (κ2) is 11.9. The fraction of sp³-hybridized carbons (Fsp3) is 0.360. The van der Waals surface area contributed by atoms with Crippen molar-refractivity contribution in [3.05, 3.63) is 77.4 Å². The molecular weight excluding hydrogens is 426 g/mol. The molecule has 0 radical (unpaired) electrons. The number of nitrogens with zero attached hydrogens (tertiary/aromatic N) is 1. The van der Waals surface area contributed by atoms with E-state index in [0.717, 1.165) is 25.1 Å². The van der Waals surface area contributed by atoms with Gasteiger partial charge >= 0.3 is 11.9 Å². The highest BCUT2D eigenvalue weighted by molar-refractivity contribution is 7.98. The van der Waals surface area contributed by atoms with Crippen molar-refractivity contribution in [3.63, 3.8) is 0 Å². The highest BCUT2D eigenvalue weighted by Gasteiger charge is 2.27. The molecule has 1 fully saturated rings. The van der Waals surface area contributed by atoms with E-state index in [-0.39, 0.29) is 6.10 Å². The van der Waals surface area contributed by atoms with E-state index in [2.05, 4.69) is 60.5 Å². The quantitative estimate of drug-likeness (QED) is 0.652. The first kappa shape index (κ1) is 24.0. The van der Waals surface area contributed by atoms with Gasteiger partial charge in [0.15, 0.2) is 0 Å². The number of hydrogen-bond acceptors (Lipinski definition) is 5. The molecule has 2 N–H and O–H groups in total. The zero-order valence-electron chi connectivity index (χ0n) is 18.1. The van der Waals surface area contributed by atoms with E-state index in [0.29, 0.717) is 18.3 Å². The van der Waals surface area contributed by atoms with Crippen LogP contribution in [0.15, 0.2) is 65.6 Å². The topological polar surface area (TPSA) is 87.1 Å². The second-order valence-corrected chi connectivity index (χ2v) is 8.92. The summed E-state index contributed by atoms with van der Waals surface area (Å²) in [6, 6.07) is 17.6. The number of fused-ring (bicyclic) bond motifs is 2. The zero-order chi connectivity index (χ0) is 22.9. The van der Waals surface area contributed by atoms with Crippen molar-refractivity contribution in [2.45, 2.75) is 42.1 Å². The van der Waals surface area contributed by atoms with Gasteiger partial charge < -0.3 is 19.8 Å². The molecule has 0 saturated carbocycles. The molecular formula is C25H29NO5S. The highest BCUT2D eigenvalue weighted by Crippen LogP contribution is 2.42. The van der Waals surface area contributed by atoms with Gasteiger partial charge in [-0.05, 0) is 55.6 Å². The van der Waals surface area contributed by atoms with Crippen molar-refractivity contribution >= 4 is 23.7 Å². The van der Waals surface area contributed by atoms with E-state index in [1.165, 1.54) is 34.6 Å². The third kappa shape index (κ3) is 6.95. The van der Waals surface area contributed by atoms with Gasteiger partial charge in [0.2, 0.25) is 0 Å². The molecule has 0 aliphatic carbocycles. The fourth-order valence-corrected chi connectivity index (χ4v) is 4.99. The first-order valence-corrected chi connectivity index (χ1v) is 11.7. The first-order chi connectivity index (χ1) is 15.4. The van der Waals surface area contributed by atoms with Crippen LogP contribution in [0.5, 0.6) is 0 Å². The lowest BCUT2D eigenvalue weighted by molar-refractivity contribution is -0.134. The average Bonchev–Trinajstić information content (AvgIpc) is 3.08. The number of hydrogen-bond donors (Lipinski definition) is 2. The number of likely N-dealkylation sites (tertiary alicyclic amines) is 1. The Kier molecular flexibility index (Phi) is 8.90. The van der Waals surface area contributed by atoms with E-state index in [4.69, 9.17) is 14.9 Å². The number of thioether (sulfide) groups is 1. The second-order valence-electron chi connectivity index (χ2n) is 7.91. The predicted molar refractivity (Wildman–Crippen MR) is 125 cm³/mol. The summed E-state index contributed by atoms with van der Waals surface area (Å²) in [6.45, 7) is 2.32. The largest absolute Gasteiger partial charge is 0.478 e. The van der Waals surface area contributed by atoms with Crippen LogP contribution in [0.1, 0.15) is 42.1 Å². The molecule has 0 spiro atoms. The van der Waals surface area contributed by atoms with Crippen molar-refractivity contribution in [1.82, 2.24) is 4.90 Å². The molecule has 0 amide bonds. The van der Waals surface area contributed by atoms with Gasteiger partial charge in [0, 0.05) is 29.3 Å². The molecule has 2 unspecified atom stereocenters. The molecule has 2 aromatic rings. The minimum Gasteiger partial charge on any atom is -0.478 e. The van der Waals surface area contributed by atoms with Crippen LogP contribution in [0.25, 0.3) is 0 Å². The van der Waals surface area contributed by atoms with Gasteiger partial charge in [-0.1, -0.05) is 42.5 Å². The minimum atomic E-state index is -1.26. The van der Waals surface area contributed by atoms with Gasteiger partial charge in [-0.25, -0.2) is 9.59 Å². The van der Waals surface area contributed by atoms with E-state index in [1.807, 2.05) is 11.8 Å². The van der Waals surface area contributed by atoms with Crippen LogP contribution in [-0.4, -0.2) is 53.3 Å². The van der Waals surface area contributed by atoms with Gasteiger partial charge in [0.25, 0.3) is 0 Å². The summed E-state index contributed by atoms with van der Waals surface area (Å²) in [7, 11) is 2.22. The maximum atomic E-state index is 9.55. The lowest BCUT2D eigenvalue weighted by atomic mass is 9.97. The third-order valence-corrected chi connectivity index (χ3v) is 6.66. The van der Waals surface area contributed by atoms with E-state index >= 15 is 0 Å². The predicted octanol–water partition coefficient (Wildman–Crippen LogP) is 4.59. The number of rotatable bonds is 4. The highest BCUT2D eigenvalue weighted by atomic mass is 32.2. The maximum Gasteiger partial charge on any atom is 0.328 e. The Morgan fingerprint density at radius 3 is 2.34 bits per heavy atom. The molecule has 2 heterocycles. The van der Waals surface area contributed by atoms with Crippen molar-refractivity contribution in [1.29, 1.82) is 0 Å². The molecule has 2 aliphatic rings. The van der Waals surface area contributed by atoms with Crippen LogP contribution in [0.2, 0.25) is 0 Å². The molecule has 1 saturated heterocycles. The number of ether oxygens (including phenoxy) is 1. The molecule has 2 aromatic carbocycles. The van der Waals surface area contributed by atoms with Gasteiger partial charge in [-0.15, -0.1) is 11.8 Å². The molecule has 7 heteroatoms. The van der Waals surface area contributed by atoms with Crippen molar-refractivity contribution in [2.75, 3.05) is 20.1 Å². The lowest BCUT2D eigenvalue weighted by Gasteiger charge is -2.26. The molecule has 32 heavy (non-hydrogen) atoms. The Morgan fingerprint density at radius 2 is 1.62 bits per heavy atom. The summed E-state index contributed by atoms with van der Waals surface area (Å²) < 4.78 is 6.75. The van der Waals surface area contributed by atoms with E-state index < -0.39 is 11.9 Å². The monoisotopic (exact) mass is 455 g/mol. The van der Waals surface area contributed by atoms with Crippen molar-refractivity contribution in [3.8, 4) is 0 Å². The normalized spacial score (nSPS) is 20.8. The fourth-order valence-electron chi connectivity index (χ4n) is 3.90. The summed E-state index contributed by atoms with van der Waals surface area (Å²) in [5.74, 6) is -1.49. The van der Waals surface area contributed by atoms with Crippen LogP contribution in [0.3, 0.4) is 0 Å². The summed E-state index contributed by atoms with van der Waals surface area (Å²) in [5.41, 5.74) is 4.10. The van der Waals surface area contributed by atoms with Crippen LogP contribution in [-0.2, 0) is 20.1 Å². The van der Waals surface area contributed by atoms with Gasteiger partial charge in [-0.3, -0.25) is 0 Å². The molecule has 6 nitrogen and oxygen atoms in total. The lowest BCUT2D eigenvalue weighted by Crippen LogP contribution is -2.22. The number of carbonyl (C=O) groups is 2. The minimum absolute atomic E-state index is 0.0702. The summed E-state index contributed by atoms with van der Waals surface area (Å²) in [6.07, 6.45) is 5.06. The Labute approximate surface area is 192 Å². The third-order valence-electron chi connectivity index (χ3n) is 5.52. The van der Waals surface area contributed by atoms with Crippen LogP contribution in [0, 0.1) is 0 Å². The number of benzene rings is 2. The Bertz CT molecular complexity index is 897.